The molecule has 1 amide bonds. The summed E-state index contributed by atoms with van der Waals surface area (Å²) >= 11 is 0. The van der Waals surface area contributed by atoms with Crippen LogP contribution in [0.25, 0.3) is 0 Å². The van der Waals surface area contributed by atoms with Gasteiger partial charge in [0, 0.05) is 25.2 Å². The summed E-state index contributed by atoms with van der Waals surface area (Å²) in [5.41, 5.74) is 0.873. The molecule has 8 heteroatoms. The molecule has 0 aliphatic carbocycles. The monoisotopic (exact) mass is 414 g/mol. The van der Waals surface area contributed by atoms with Gasteiger partial charge in [0.1, 0.15) is 0 Å². The van der Waals surface area contributed by atoms with Crippen molar-refractivity contribution in [3.8, 4) is 0 Å². The standard InChI is InChI=1S/C21H26N4O3S/c1-2-22-21(23-13-14-29(27,28)19-11-7-4-8-12-19)24-17-15-20(26)25(16-17)18-9-5-3-6-10-18/h3-12,17H,2,13-16H2,1H3,(H2,22,23,24). The maximum absolute atomic E-state index is 12.4. The smallest absolute Gasteiger partial charge is 0.229 e. The first kappa shape index (κ1) is 20.9. The van der Waals surface area contributed by atoms with Crippen molar-refractivity contribution in [1.29, 1.82) is 0 Å². The van der Waals surface area contributed by atoms with Crippen LogP contribution in [0.4, 0.5) is 5.69 Å². The summed E-state index contributed by atoms with van der Waals surface area (Å²) in [5.74, 6) is 0.493. The van der Waals surface area contributed by atoms with Crippen LogP contribution < -0.4 is 15.5 Å². The molecule has 2 aromatic carbocycles. The van der Waals surface area contributed by atoms with E-state index in [9.17, 15) is 13.2 Å². The Morgan fingerprint density at radius 3 is 2.41 bits per heavy atom. The average Bonchev–Trinajstić information content (AvgIpc) is 3.09. The van der Waals surface area contributed by atoms with E-state index < -0.39 is 9.84 Å². The number of amides is 1. The van der Waals surface area contributed by atoms with Crippen LogP contribution in [0.5, 0.6) is 0 Å². The van der Waals surface area contributed by atoms with Crippen molar-refractivity contribution in [2.75, 3.05) is 30.3 Å². The van der Waals surface area contributed by atoms with Crippen LogP contribution in [0.2, 0.25) is 0 Å². The number of anilines is 1. The minimum atomic E-state index is -3.38. The topological polar surface area (TPSA) is 90.9 Å². The number of hydrogen-bond donors (Lipinski definition) is 2. The van der Waals surface area contributed by atoms with Crippen molar-refractivity contribution in [3.05, 3.63) is 60.7 Å². The van der Waals surface area contributed by atoms with Crippen LogP contribution in [-0.2, 0) is 14.6 Å². The third kappa shape index (κ3) is 5.57. The van der Waals surface area contributed by atoms with Gasteiger partial charge in [-0.15, -0.1) is 0 Å². The molecule has 1 fully saturated rings. The van der Waals surface area contributed by atoms with E-state index in [4.69, 9.17) is 0 Å². The van der Waals surface area contributed by atoms with Crippen molar-refractivity contribution in [3.63, 3.8) is 0 Å². The van der Waals surface area contributed by atoms with E-state index >= 15 is 0 Å². The number of hydrogen-bond acceptors (Lipinski definition) is 4. The second-order valence-corrected chi connectivity index (χ2v) is 8.89. The van der Waals surface area contributed by atoms with Gasteiger partial charge in [0.15, 0.2) is 15.8 Å². The summed E-state index contributed by atoms with van der Waals surface area (Å²) in [6, 6.07) is 17.8. The Bertz CT molecular complexity index is 946. The van der Waals surface area contributed by atoms with E-state index in [1.807, 2.05) is 37.3 Å². The zero-order chi connectivity index (χ0) is 20.7. The number of carbonyl (C=O) groups excluding carboxylic acids is 1. The number of aliphatic imine (C=N–C) groups is 1. The Labute approximate surface area is 171 Å². The first-order valence-electron chi connectivity index (χ1n) is 9.67. The molecule has 1 unspecified atom stereocenters. The first-order valence-corrected chi connectivity index (χ1v) is 11.3. The number of nitrogens with one attached hydrogen (secondary N) is 2. The van der Waals surface area contributed by atoms with Gasteiger partial charge in [0.05, 0.1) is 23.2 Å². The summed E-state index contributed by atoms with van der Waals surface area (Å²) in [6.45, 7) is 3.25. The van der Waals surface area contributed by atoms with Gasteiger partial charge in [-0.2, -0.15) is 0 Å². The molecule has 29 heavy (non-hydrogen) atoms. The van der Waals surface area contributed by atoms with Gasteiger partial charge in [-0.05, 0) is 31.2 Å². The highest BCUT2D eigenvalue weighted by molar-refractivity contribution is 7.91. The van der Waals surface area contributed by atoms with Crippen LogP contribution in [0.3, 0.4) is 0 Å². The normalized spacial score (nSPS) is 17.4. The fraction of sp³-hybridized carbons (Fsp3) is 0.333. The molecule has 2 aromatic rings. The Morgan fingerprint density at radius 2 is 1.76 bits per heavy atom. The minimum absolute atomic E-state index is 0.0520. The summed E-state index contributed by atoms with van der Waals surface area (Å²) in [5, 5.41) is 6.37. The van der Waals surface area contributed by atoms with Crippen LogP contribution >= 0.6 is 0 Å². The number of sulfone groups is 1. The van der Waals surface area contributed by atoms with Crippen LogP contribution in [0.15, 0.2) is 70.6 Å². The van der Waals surface area contributed by atoms with Gasteiger partial charge in [0.25, 0.3) is 0 Å². The Kier molecular flexibility index (Phi) is 6.87. The number of para-hydroxylation sites is 1. The Balaban J connectivity index is 1.61. The molecule has 2 N–H and O–H groups in total. The fourth-order valence-corrected chi connectivity index (χ4v) is 4.34. The van der Waals surface area contributed by atoms with E-state index in [1.54, 1.807) is 35.2 Å². The highest BCUT2D eigenvalue weighted by Crippen LogP contribution is 2.21. The van der Waals surface area contributed by atoms with Gasteiger partial charge in [-0.1, -0.05) is 36.4 Å². The van der Waals surface area contributed by atoms with Gasteiger partial charge >= 0.3 is 0 Å². The average molecular weight is 415 g/mol. The lowest BCUT2D eigenvalue weighted by Gasteiger charge is -2.19. The first-order chi connectivity index (χ1) is 14.0. The van der Waals surface area contributed by atoms with Crippen LogP contribution in [0.1, 0.15) is 13.3 Å². The van der Waals surface area contributed by atoms with Crippen molar-refractivity contribution in [1.82, 2.24) is 10.6 Å². The van der Waals surface area contributed by atoms with E-state index in [0.717, 1.165) is 5.69 Å². The number of carbonyl (C=O) groups is 1. The zero-order valence-corrected chi connectivity index (χ0v) is 17.2. The lowest BCUT2D eigenvalue weighted by atomic mass is 10.2. The maximum atomic E-state index is 12.4. The third-order valence-electron chi connectivity index (χ3n) is 4.61. The quantitative estimate of drug-likeness (QED) is 0.533. The number of nitrogens with zero attached hydrogens (tertiary/aromatic N) is 2. The van der Waals surface area contributed by atoms with E-state index in [-0.39, 0.29) is 24.2 Å². The number of rotatable bonds is 7. The number of guanidine groups is 1. The predicted octanol–water partition coefficient (Wildman–Crippen LogP) is 1.82. The lowest BCUT2D eigenvalue weighted by Crippen LogP contribution is -2.44. The van der Waals surface area contributed by atoms with Gasteiger partial charge in [-0.25, -0.2) is 8.42 Å². The van der Waals surface area contributed by atoms with E-state index in [2.05, 4.69) is 15.6 Å². The molecule has 0 saturated carbocycles. The zero-order valence-electron chi connectivity index (χ0n) is 16.4. The Hall–Kier alpha value is -2.87. The second-order valence-electron chi connectivity index (χ2n) is 6.78. The van der Waals surface area contributed by atoms with Crippen molar-refractivity contribution >= 4 is 27.4 Å². The SMILES string of the molecule is CCNC(=NCCS(=O)(=O)c1ccccc1)NC1CC(=O)N(c2ccccc2)C1. The summed E-state index contributed by atoms with van der Waals surface area (Å²) < 4.78 is 24.8. The van der Waals surface area contributed by atoms with Crippen LogP contribution in [-0.4, -0.2) is 51.7 Å². The molecule has 1 atom stereocenters. The predicted molar refractivity (Wildman–Crippen MR) is 115 cm³/mol. The second kappa shape index (κ2) is 9.56. The molecule has 1 heterocycles. The lowest BCUT2D eigenvalue weighted by molar-refractivity contribution is -0.117. The molecular formula is C21H26N4O3S. The van der Waals surface area contributed by atoms with Crippen molar-refractivity contribution in [2.24, 2.45) is 4.99 Å². The molecule has 1 aliphatic heterocycles. The molecule has 0 aromatic heterocycles. The fourth-order valence-electron chi connectivity index (χ4n) is 3.20. The summed E-state index contributed by atoms with van der Waals surface area (Å²) in [6.07, 6.45) is 0.363. The molecule has 3 rings (SSSR count). The molecule has 154 valence electrons. The van der Waals surface area contributed by atoms with Gasteiger partial charge in [-0.3, -0.25) is 9.79 Å². The van der Waals surface area contributed by atoms with Gasteiger partial charge in [0.2, 0.25) is 5.91 Å². The molecule has 0 spiro atoms. The summed E-state index contributed by atoms with van der Waals surface area (Å²) in [7, 11) is -3.38. The largest absolute Gasteiger partial charge is 0.357 e. The van der Waals surface area contributed by atoms with Crippen LogP contribution in [0, 0.1) is 0 Å². The Morgan fingerprint density at radius 1 is 1.10 bits per heavy atom. The van der Waals surface area contributed by atoms with Gasteiger partial charge < -0.3 is 15.5 Å². The molecular weight excluding hydrogens is 388 g/mol. The molecule has 1 saturated heterocycles. The molecule has 0 bridgehead atoms. The molecule has 7 nitrogen and oxygen atoms in total. The van der Waals surface area contributed by atoms with E-state index in [1.165, 1.54) is 0 Å². The highest BCUT2D eigenvalue weighted by Gasteiger charge is 2.31. The highest BCUT2D eigenvalue weighted by atomic mass is 32.2. The third-order valence-corrected chi connectivity index (χ3v) is 6.32. The molecule has 1 aliphatic rings. The van der Waals surface area contributed by atoms with E-state index in [0.29, 0.717) is 30.4 Å². The number of benzene rings is 2. The van der Waals surface area contributed by atoms with Crippen molar-refractivity contribution in [2.45, 2.75) is 24.3 Å². The summed E-state index contributed by atoms with van der Waals surface area (Å²) in [4.78, 5) is 18.8. The molecule has 0 radical (unpaired) electrons. The maximum Gasteiger partial charge on any atom is 0.229 e. The van der Waals surface area contributed by atoms with Crippen molar-refractivity contribution < 1.29 is 13.2 Å². The minimum Gasteiger partial charge on any atom is -0.357 e.